The molecular formula is C17H18BrNO4. The first-order valence-electron chi connectivity index (χ1n) is 7.44. The number of rotatable bonds is 7. The number of aromatic carboxylic acids is 1. The average Bonchev–Trinajstić information content (AvgIpc) is 2.97. The summed E-state index contributed by atoms with van der Waals surface area (Å²) in [6.45, 7) is 2.10. The number of nitrogens with one attached hydrogen (secondary N) is 1. The maximum absolute atomic E-state index is 11.8. The summed E-state index contributed by atoms with van der Waals surface area (Å²) in [5, 5.41) is 11.7. The molecule has 2 rings (SSSR count). The van der Waals surface area contributed by atoms with Gasteiger partial charge in [-0.25, -0.2) is 4.79 Å². The third kappa shape index (κ3) is 4.69. The third-order valence-electron chi connectivity index (χ3n) is 3.34. The SMILES string of the molecule is CCCCCC(=O)Nc1ccc(-c2ccc(C(=O)O)o2)c(Br)c1. The van der Waals surface area contributed by atoms with Gasteiger partial charge in [0.15, 0.2) is 0 Å². The minimum Gasteiger partial charge on any atom is -0.475 e. The molecule has 0 spiro atoms. The van der Waals surface area contributed by atoms with E-state index < -0.39 is 5.97 Å². The standard InChI is InChI=1S/C17H18BrNO4/c1-2-3-4-5-16(20)19-11-6-7-12(13(18)10-11)14-8-9-15(23-14)17(21)22/h6-10H,2-5H2,1H3,(H,19,20)(H,21,22). The van der Waals surface area contributed by atoms with Crippen LogP contribution >= 0.6 is 15.9 Å². The number of unbranched alkanes of at least 4 members (excludes halogenated alkanes) is 2. The third-order valence-corrected chi connectivity index (χ3v) is 4.00. The van der Waals surface area contributed by atoms with E-state index in [9.17, 15) is 9.59 Å². The summed E-state index contributed by atoms with van der Waals surface area (Å²) in [5.74, 6) is -0.775. The maximum Gasteiger partial charge on any atom is 0.371 e. The average molecular weight is 380 g/mol. The lowest BCUT2D eigenvalue weighted by atomic mass is 10.1. The molecule has 6 heteroatoms. The normalized spacial score (nSPS) is 10.5. The Labute approximate surface area is 142 Å². The Hall–Kier alpha value is -2.08. The van der Waals surface area contributed by atoms with Gasteiger partial charge in [0, 0.05) is 22.1 Å². The van der Waals surface area contributed by atoms with E-state index in [-0.39, 0.29) is 11.7 Å². The Morgan fingerprint density at radius 2 is 2.00 bits per heavy atom. The van der Waals surface area contributed by atoms with Gasteiger partial charge in [0.05, 0.1) is 0 Å². The number of amides is 1. The zero-order valence-electron chi connectivity index (χ0n) is 12.8. The summed E-state index contributed by atoms with van der Waals surface area (Å²) < 4.78 is 6.00. The highest BCUT2D eigenvalue weighted by Gasteiger charge is 2.13. The van der Waals surface area contributed by atoms with Crippen LogP contribution in [0.1, 0.15) is 43.2 Å². The number of furan rings is 1. The van der Waals surface area contributed by atoms with Gasteiger partial charge >= 0.3 is 5.97 Å². The monoisotopic (exact) mass is 379 g/mol. The number of benzene rings is 1. The summed E-state index contributed by atoms with van der Waals surface area (Å²) in [5.41, 5.74) is 1.41. The number of halogens is 1. The Kier molecular flexibility index (Phi) is 5.98. The van der Waals surface area contributed by atoms with Crippen molar-refractivity contribution < 1.29 is 19.1 Å². The predicted octanol–water partition coefficient (Wildman–Crippen LogP) is 4.93. The molecule has 2 aromatic rings. The minimum atomic E-state index is -1.11. The van der Waals surface area contributed by atoms with Gasteiger partial charge in [-0.2, -0.15) is 0 Å². The largest absolute Gasteiger partial charge is 0.475 e. The molecule has 0 bridgehead atoms. The zero-order chi connectivity index (χ0) is 16.8. The molecule has 23 heavy (non-hydrogen) atoms. The summed E-state index contributed by atoms with van der Waals surface area (Å²) in [4.78, 5) is 22.7. The second-order valence-electron chi connectivity index (χ2n) is 5.17. The van der Waals surface area contributed by atoms with E-state index in [1.807, 2.05) is 0 Å². The second-order valence-corrected chi connectivity index (χ2v) is 6.02. The molecule has 0 atom stereocenters. The number of anilines is 1. The van der Waals surface area contributed by atoms with E-state index in [0.717, 1.165) is 29.3 Å². The predicted molar refractivity (Wildman–Crippen MR) is 91.6 cm³/mol. The van der Waals surface area contributed by atoms with Crippen LogP contribution in [0.3, 0.4) is 0 Å². The highest BCUT2D eigenvalue weighted by atomic mass is 79.9. The fraction of sp³-hybridized carbons (Fsp3) is 0.294. The molecule has 1 aromatic heterocycles. The van der Waals surface area contributed by atoms with Crippen molar-refractivity contribution in [3.05, 3.63) is 40.6 Å². The number of hydrogen-bond donors (Lipinski definition) is 2. The molecule has 0 aliphatic rings. The first-order chi connectivity index (χ1) is 11.0. The molecule has 0 radical (unpaired) electrons. The topological polar surface area (TPSA) is 79.5 Å². The van der Waals surface area contributed by atoms with E-state index in [2.05, 4.69) is 28.2 Å². The van der Waals surface area contributed by atoms with E-state index in [1.165, 1.54) is 6.07 Å². The van der Waals surface area contributed by atoms with Gasteiger partial charge in [-0.1, -0.05) is 19.8 Å². The molecule has 2 N–H and O–H groups in total. The van der Waals surface area contributed by atoms with Gasteiger partial charge < -0.3 is 14.8 Å². The first-order valence-corrected chi connectivity index (χ1v) is 8.23. The minimum absolute atomic E-state index is 0.00994. The van der Waals surface area contributed by atoms with Crippen LogP contribution in [0.4, 0.5) is 5.69 Å². The van der Waals surface area contributed by atoms with E-state index in [0.29, 0.717) is 17.9 Å². The van der Waals surface area contributed by atoms with Crippen molar-refractivity contribution in [1.29, 1.82) is 0 Å². The molecule has 1 amide bonds. The van der Waals surface area contributed by atoms with Gasteiger partial charge in [0.25, 0.3) is 0 Å². The van der Waals surface area contributed by atoms with Crippen molar-refractivity contribution in [2.45, 2.75) is 32.6 Å². The van der Waals surface area contributed by atoms with Crippen molar-refractivity contribution in [2.75, 3.05) is 5.32 Å². The highest BCUT2D eigenvalue weighted by molar-refractivity contribution is 9.10. The van der Waals surface area contributed by atoms with Gasteiger partial charge in [-0.3, -0.25) is 4.79 Å². The molecule has 0 aliphatic carbocycles. The van der Waals surface area contributed by atoms with E-state index >= 15 is 0 Å². The molecule has 122 valence electrons. The molecule has 5 nitrogen and oxygen atoms in total. The lowest BCUT2D eigenvalue weighted by molar-refractivity contribution is -0.116. The lowest BCUT2D eigenvalue weighted by Crippen LogP contribution is -2.10. The van der Waals surface area contributed by atoms with Crippen molar-refractivity contribution in [1.82, 2.24) is 0 Å². The van der Waals surface area contributed by atoms with E-state index in [4.69, 9.17) is 9.52 Å². The van der Waals surface area contributed by atoms with Gasteiger partial charge in [0.1, 0.15) is 5.76 Å². The molecule has 0 saturated carbocycles. The van der Waals surface area contributed by atoms with Crippen LogP contribution in [0, 0.1) is 0 Å². The summed E-state index contributed by atoms with van der Waals surface area (Å²) in [6.07, 6.45) is 3.51. The van der Waals surface area contributed by atoms with Crippen LogP contribution in [0.15, 0.2) is 39.2 Å². The molecule has 1 heterocycles. The van der Waals surface area contributed by atoms with Crippen LogP contribution in [0.25, 0.3) is 11.3 Å². The highest BCUT2D eigenvalue weighted by Crippen LogP contribution is 2.32. The molecule has 0 saturated heterocycles. The maximum atomic E-state index is 11.8. The van der Waals surface area contributed by atoms with Crippen LogP contribution in [-0.2, 0) is 4.79 Å². The number of carboxylic acids is 1. The number of hydrogen-bond acceptors (Lipinski definition) is 3. The van der Waals surface area contributed by atoms with Gasteiger partial charge in [-0.05, 0) is 52.7 Å². The van der Waals surface area contributed by atoms with Gasteiger partial charge in [-0.15, -0.1) is 0 Å². The Morgan fingerprint density at radius 3 is 2.61 bits per heavy atom. The van der Waals surface area contributed by atoms with Crippen molar-refractivity contribution in [3.8, 4) is 11.3 Å². The van der Waals surface area contributed by atoms with Crippen molar-refractivity contribution in [2.24, 2.45) is 0 Å². The first kappa shape index (κ1) is 17.3. The van der Waals surface area contributed by atoms with Crippen LogP contribution in [0.2, 0.25) is 0 Å². The molecule has 0 fully saturated rings. The Morgan fingerprint density at radius 1 is 1.22 bits per heavy atom. The summed E-state index contributed by atoms with van der Waals surface area (Å²) >= 11 is 3.43. The van der Waals surface area contributed by atoms with Crippen LogP contribution < -0.4 is 5.32 Å². The molecular weight excluding hydrogens is 362 g/mol. The smallest absolute Gasteiger partial charge is 0.371 e. The fourth-order valence-electron chi connectivity index (χ4n) is 2.15. The van der Waals surface area contributed by atoms with Crippen LogP contribution in [0.5, 0.6) is 0 Å². The van der Waals surface area contributed by atoms with Crippen molar-refractivity contribution in [3.63, 3.8) is 0 Å². The Bertz CT molecular complexity index is 708. The fourth-order valence-corrected chi connectivity index (χ4v) is 2.72. The summed E-state index contributed by atoms with van der Waals surface area (Å²) in [6, 6.07) is 8.33. The van der Waals surface area contributed by atoms with Crippen molar-refractivity contribution >= 4 is 33.5 Å². The molecule has 0 unspecified atom stereocenters. The number of carbonyl (C=O) groups is 2. The zero-order valence-corrected chi connectivity index (χ0v) is 14.4. The number of carboxylic acid groups (broad SMARTS) is 1. The van der Waals surface area contributed by atoms with E-state index in [1.54, 1.807) is 24.3 Å². The van der Waals surface area contributed by atoms with Crippen LogP contribution in [-0.4, -0.2) is 17.0 Å². The lowest BCUT2D eigenvalue weighted by Gasteiger charge is -2.08. The number of carbonyl (C=O) groups excluding carboxylic acids is 1. The second kappa shape index (κ2) is 7.97. The quantitative estimate of drug-likeness (QED) is 0.668. The Balaban J connectivity index is 2.08. The van der Waals surface area contributed by atoms with Gasteiger partial charge in [0.2, 0.25) is 11.7 Å². The molecule has 1 aromatic carbocycles. The molecule has 0 aliphatic heterocycles. The summed E-state index contributed by atoms with van der Waals surface area (Å²) in [7, 11) is 0.